The monoisotopic (exact) mass is 292 g/mol. The first-order valence-electron chi connectivity index (χ1n) is 6.23. The Balaban J connectivity index is 1.85. The lowest BCUT2D eigenvalue weighted by Crippen LogP contribution is -2.44. The fourth-order valence-electron chi connectivity index (χ4n) is 2.15. The fourth-order valence-corrected chi connectivity index (χ4v) is 3.10. The number of nitrogens with zero attached hydrogens (tertiary/aromatic N) is 2. The van der Waals surface area contributed by atoms with E-state index in [0.29, 0.717) is 17.2 Å². The lowest BCUT2D eigenvalue weighted by molar-refractivity contribution is -0.384. The number of non-ortho nitro benzene ring substituents is 1. The molecule has 20 heavy (non-hydrogen) atoms. The third kappa shape index (κ3) is 2.42. The highest BCUT2D eigenvalue weighted by atomic mass is 32.1. The molecule has 0 spiro atoms. The van der Waals surface area contributed by atoms with E-state index in [1.807, 2.05) is 0 Å². The molecule has 1 saturated heterocycles. The number of anilines is 1. The van der Waals surface area contributed by atoms with Crippen molar-refractivity contribution in [1.29, 1.82) is 0 Å². The van der Waals surface area contributed by atoms with Crippen molar-refractivity contribution in [2.24, 2.45) is 0 Å². The van der Waals surface area contributed by atoms with Crippen molar-refractivity contribution in [3.05, 3.63) is 28.3 Å². The number of fused-ring (bicyclic) bond motifs is 1. The predicted molar refractivity (Wildman–Crippen MR) is 75.9 cm³/mol. The number of amides is 1. The number of piperidine rings is 1. The molecular formula is C12H12N4O3S. The molecule has 2 aromatic rings. The van der Waals surface area contributed by atoms with Gasteiger partial charge in [-0.2, -0.15) is 0 Å². The zero-order chi connectivity index (χ0) is 14.1. The van der Waals surface area contributed by atoms with E-state index in [4.69, 9.17) is 0 Å². The molecule has 0 radical (unpaired) electrons. The van der Waals surface area contributed by atoms with Crippen molar-refractivity contribution < 1.29 is 9.72 Å². The van der Waals surface area contributed by atoms with Gasteiger partial charge >= 0.3 is 0 Å². The number of hydrogen-bond donors (Lipinski definition) is 2. The second kappa shape index (κ2) is 5.04. The quantitative estimate of drug-likeness (QED) is 0.665. The molecule has 2 N–H and O–H groups in total. The average Bonchev–Trinajstić information content (AvgIpc) is 2.82. The number of hydrogen-bond acceptors (Lipinski definition) is 6. The second-order valence-electron chi connectivity index (χ2n) is 4.56. The molecule has 8 heteroatoms. The van der Waals surface area contributed by atoms with E-state index >= 15 is 0 Å². The van der Waals surface area contributed by atoms with Gasteiger partial charge in [0.15, 0.2) is 5.13 Å². The summed E-state index contributed by atoms with van der Waals surface area (Å²) in [4.78, 5) is 26.3. The molecule has 1 aromatic carbocycles. The molecule has 104 valence electrons. The normalized spacial score (nSPS) is 18.8. The molecule has 0 saturated carbocycles. The van der Waals surface area contributed by atoms with Gasteiger partial charge in [0.1, 0.15) is 6.04 Å². The van der Waals surface area contributed by atoms with Gasteiger partial charge in [-0.25, -0.2) is 4.98 Å². The minimum Gasteiger partial charge on any atom is -0.354 e. The van der Waals surface area contributed by atoms with Crippen LogP contribution >= 0.6 is 11.3 Å². The highest BCUT2D eigenvalue weighted by Gasteiger charge is 2.22. The molecule has 1 atom stereocenters. The maximum Gasteiger partial charge on any atom is 0.270 e. The standard InChI is InChI=1S/C12H12N4O3S/c17-11-9(2-1-5-13-11)15-12-14-8-4-3-7(16(18)19)6-10(8)20-12/h3-4,6,9H,1-2,5H2,(H,13,17)(H,14,15)/t9-/m0/s1. The summed E-state index contributed by atoms with van der Waals surface area (Å²) in [5.41, 5.74) is 0.738. The van der Waals surface area contributed by atoms with E-state index in [2.05, 4.69) is 15.6 Å². The SMILES string of the molecule is O=C1NCCC[C@@H]1Nc1nc2ccc([N+](=O)[O-])cc2s1. The molecule has 0 bridgehead atoms. The van der Waals surface area contributed by atoms with Crippen molar-refractivity contribution in [1.82, 2.24) is 10.3 Å². The molecular weight excluding hydrogens is 280 g/mol. The molecule has 0 unspecified atom stereocenters. The van der Waals surface area contributed by atoms with Gasteiger partial charge in [-0.3, -0.25) is 14.9 Å². The van der Waals surface area contributed by atoms with Crippen LogP contribution in [0.4, 0.5) is 10.8 Å². The summed E-state index contributed by atoms with van der Waals surface area (Å²) in [6, 6.07) is 4.27. The molecule has 3 rings (SSSR count). The minimum atomic E-state index is -0.430. The van der Waals surface area contributed by atoms with E-state index in [0.717, 1.165) is 17.5 Å². The summed E-state index contributed by atoms with van der Waals surface area (Å²) in [6.07, 6.45) is 1.70. The first-order valence-corrected chi connectivity index (χ1v) is 7.04. The van der Waals surface area contributed by atoms with Crippen molar-refractivity contribution in [2.75, 3.05) is 11.9 Å². The number of nitro benzene ring substituents is 1. The lowest BCUT2D eigenvalue weighted by Gasteiger charge is -2.22. The van der Waals surface area contributed by atoms with Crippen LogP contribution in [-0.2, 0) is 4.79 Å². The third-order valence-corrected chi connectivity index (χ3v) is 4.12. The molecule has 2 heterocycles. The van der Waals surface area contributed by atoms with Gasteiger partial charge < -0.3 is 10.6 Å². The zero-order valence-electron chi connectivity index (χ0n) is 10.5. The largest absolute Gasteiger partial charge is 0.354 e. The second-order valence-corrected chi connectivity index (χ2v) is 5.59. The molecule has 1 amide bonds. The van der Waals surface area contributed by atoms with Gasteiger partial charge in [0.25, 0.3) is 5.69 Å². The Bertz CT molecular complexity index is 684. The maximum atomic E-state index is 11.7. The summed E-state index contributed by atoms with van der Waals surface area (Å²) in [7, 11) is 0. The van der Waals surface area contributed by atoms with Crippen LogP contribution < -0.4 is 10.6 Å². The van der Waals surface area contributed by atoms with E-state index < -0.39 is 4.92 Å². The van der Waals surface area contributed by atoms with Crippen LogP contribution in [0.25, 0.3) is 10.2 Å². The molecule has 1 aromatic heterocycles. The Morgan fingerprint density at radius 1 is 1.50 bits per heavy atom. The predicted octanol–water partition coefficient (Wildman–Crippen LogP) is 1.89. The Morgan fingerprint density at radius 2 is 2.35 bits per heavy atom. The number of nitrogens with one attached hydrogen (secondary N) is 2. The van der Waals surface area contributed by atoms with E-state index in [-0.39, 0.29) is 17.6 Å². The molecule has 1 fully saturated rings. The maximum absolute atomic E-state index is 11.7. The highest BCUT2D eigenvalue weighted by molar-refractivity contribution is 7.22. The van der Waals surface area contributed by atoms with Crippen LogP contribution in [0.5, 0.6) is 0 Å². The summed E-state index contributed by atoms with van der Waals surface area (Å²) in [5.74, 6) is -0.0264. The van der Waals surface area contributed by atoms with Gasteiger partial charge in [-0.1, -0.05) is 11.3 Å². The highest BCUT2D eigenvalue weighted by Crippen LogP contribution is 2.29. The average molecular weight is 292 g/mol. The zero-order valence-corrected chi connectivity index (χ0v) is 11.3. The fraction of sp³-hybridized carbons (Fsp3) is 0.333. The van der Waals surface area contributed by atoms with Gasteiger partial charge in [-0.15, -0.1) is 0 Å². The van der Waals surface area contributed by atoms with Crippen LogP contribution in [0.15, 0.2) is 18.2 Å². The van der Waals surface area contributed by atoms with E-state index in [1.165, 1.54) is 23.5 Å². The number of benzene rings is 1. The molecule has 1 aliphatic rings. The number of carbonyl (C=O) groups excluding carboxylic acids is 1. The van der Waals surface area contributed by atoms with Crippen LogP contribution in [0.2, 0.25) is 0 Å². The van der Waals surface area contributed by atoms with Crippen LogP contribution in [0.1, 0.15) is 12.8 Å². The Kier molecular flexibility index (Phi) is 3.23. The van der Waals surface area contributed by atoms with E-state index in [9.17, 15) is 14.9 Å². The summed E-state index contributed by atoms with van der Waals surface area (Å²) in [5, 5.41) is 17.2. The first-order chi connectivity index (χ1) is 9.63. The number of aromatic nitrogens is 1. The minimum absolute atomic E-state index is 0.0264. The lowest BCUT2D eigenvalue weighted by atomic mass is 10.1. The number of carbonyl (C=O) groups is 1. The van der Waals surface area contributed by atoms with Crippen molar-refractivity contribution in [3.63, 3.8) is 0 Å². The van der Waals surface area contributed by atoms with Crippen molar-refractivity contribution in [2.45, 2.75) is 18.9 Å². The Hall–Kier alpha value is -2.22. The Labute approximate surface area is 118 Å². The van der Waals surface area contributed by atoms with Gasteiger partial charge in [0.05, 0.1) is 15.1 Å². The smallest absolute Gasteiger partial charge is 0.270 e. The summed E-state index contributed by atoms with van der Waals surface area (Å²) in [6.45, 7) is 0.711. The third-order valence-electron chi connectivity index (χ3n) is 3.17. The van der Waals surface area contributed by atoms with Crippen molar-refractivity contribution in [3.8, 4) is 0 Å². The van der Waals surface area contributed by atoms with Crippen molar-refractivity contribution >= 4 is 38.3 Å². The molecule has 0 aliphatic carbocycles. The summed E-state index contributed by atoms with van der Waals surface area (Å²) >= 11 is 1.32. The topological polar surface area (TPSA) is 97.2 Å². The first kappa shape index (κ1) is 12.8. The van der Waals surface area contributed by atoms with Crippen LogP contribution in [0, 0.1) is 10.1 Å². The van der Waals surface area contributed by atoms with Gasteiger partial charge in [0, 0.05) is 18.7 Å². The Morgan fingerprint density at radius 3 is 3.10 bits per heavy atom. The summed E-state index contributed by atoms with van der Waals surface area (Å²) < 4.78 is 0.734. The number of nitro groups is 1. The number of rotatable bonds is 3. The molecule has 7 nitrogen and oxygen atoms in total. The van der Waals surface area contributed by atoms with Crippen LogP contribution in [0.3, 0.4) is 0 Å². The number of thiazole rings is 1. The van der Waals surface area contributed by atoms with E-state index in [1.54, 1.807) is 6.07 Å². The molecule has 1 aliphatic heterocycles. The van der Waals surface area contributed by atoms with Gasteiger partial charge in [0.2, 0.25) is 5.91 Å². The van der Waals surface area contributed by atoms with Gasteiger partial charge in [-0.05, 0) is 18.9 Å². The van der Waals surface area contributed by atoms with Crippen LogP contribution in [-0.4, -0.2) is 28.4 Å².